The zero-order valence-corrected chi connectivity index (χ0v) is 10.8. The summed E-state index contributed by atoms with van der Waals surface area (Å²) in [4.78, 5) is 24.2. The van der Waals surface area contributed by atoms with Gasteiger partial charge in [-0.3, -0.25) is 0 Å². The van der Waals surface area contributed by atoms with E-state index in [1.807, 2.05) is 6.92 Å². The third-order valence-corrected chi connectivity index (χ3v) is 3.19. The van der Waals surface area contributed by atoms with Gasteiger partial charge in [-0.2, -0.15) is 0 Å². The molecule has 2 aromatic rings. The number of carboxylic acid groups (broad SMARTS) is 1. The van der Waals surface area contributed by atoms with E-state index in [9.17, 15) is 4.79 Å². The van der Waals surface area contributed by atoms with Gasteiger partial charge < -0.3 is 10.4 Å². The van der Waals surface area contributed by atoms with Crippen molar-refractivity contribution in [2.24, 2.45) is 0 Å². The first-order valence-electron chi connectivity index (χ1n) is 5.28. The number of rotatable bonds is 4. The Kier molecular flexibility index (Phi) is 3.52. The molecule has 0 aliphatic heterocycles. The van der Waals surface area contributed by atoms with E-state index in [1.54, 1.807) is 24.5 Å². The summed E-state index contributed by atoms with van der Waals surface area (Å²) in [7, 11) is 0. The number of aromatic carboxylic acids is 1. The standard InChI is InChI=1S/C11H12N4O2S/c1-6-3-12-9(18-6)5-14-11-13-4-8(10(16)17)7(2)15-11/h3-4H,5H2,1-2H3,(H,16,17)(H,13,14,15). The molecular formula is C11H12N4O2S. The van der Waals surface area contributed by atoms with E-state index in [0.29, 0.717) is 18.2 Å². The Bertz CT molecular complexity index is 582. The van der Waals surface area contributed by atoms with Crippen molar-refractivity contribution in [1.82, 2.24) is 15.0 Å². The first kappa shape index (κ1) is 12.4. The second-order valence-corrected chi connectivity index (χ2v) is 5.04. The molecule has 0 spiro atoms. The minimum Gasteiger partial charge on any atom is -0.478 e. The molecule has 0 saturated carbocycles. The van der Waals surface area contributed by atoms with Gasteiger partial charge in [-0.25, -0.2) is 19.7 Å². The topological polar surface area (TPSA) is 88.0 Å². The van der Waals surface area contributed by atoms with Gasteiger partial charge >= 0.3 is 5.97 Å². The summed E-state index contributed by atoms with van der Waals surface area (Å²) in [6.45, 7) is 4.16. The van der Waals surface area contributed by atoms with Crippen molar-refractivity contribution in [3.05, 3.63) is 33.5 Å². The van der Waals surface area contributed by atoms with Crippen LogP contribution in [0.5, 0.6) is 0 Å². The first-order valence-corrected chi connectivity index (χ1v) is 6.10. The highest BCUT2D eigenvalue weighted by atomic mass is 32.1. The number of nitrogens with one attached hydrogen (secondary N) is 1. The number of anilines is 1. The zero-order chi connectivity index (χ0) is 13.1. The number of hydrogen-bond acceptors (Lipinski definition) is 6. The number of aryl methyl sites for hydroxylation is 2. The lowest BCUT2D eigenvalue weighted by molar-refractivity contribution is 0.0695. The van der Waals surface area contributed by atoms with Crippen molar-refractivity contribution in [2.45, 2.75) is 20.4 Å². The maximum atomic E-state index is 10.8. The molecule has 7 heteroatoms. The Morgan fingerprint density at radius 3 is 2.72 bits per heavy atom. The van der Waals surface area contributed by atoms with Gasteiger partial charge in [0, 0.05) is 17.3 Å². The van der Waals surface area contributed by atoms with Crippen LogP contribution in [0.2, 0.25) is 0 Å². The third-order valence-electron chi connectivity index (χ3n) is 2.28. The molecule has 0 aromatic carbocycles. The van der Waals surface area contributed by atoms with Gasteiger partial charge in [0.2, 0.25) is 5.95 Å². The van der Waals surface area contributed by atoms with E-state index >= 15 is 0 Å². The second kappa shape index (κ2) is 5.09. The molecular weight excluding hydrogens is 252 g/mol. The molecule has 94 valence electrons. The van der Waals surface area contributed by atoms with E-state index in [1.165, 1.54) is 6.20 Å². The molecule has 0 radical (unpaired) electrons. The van der Waals surface area contributed by atoms with E-state index in [-0.39, 0.29) is 5.56 Å². The van der Waals surface area contributed by atoms with Gasteiger partial charge in [-0.05, 0) is 13.8 Å². The maximum absolute atomic E-state index is 10.8. The largest absolute Gasteiger partial charge is 0.478 e. The van der Waals surface area contributed by atoms with Crippen molar-refractivity contribution in [1.29, 1.82) is 0 Å². The molecule has 6 nitrogen and oxygen atoms in total. The van der Waals surface area contributed by atoms with E-state index < -0.39 is 5.97 Å². The van der Waals surface area contributed by atoms with Crippen LogP contribution in [0.4, 0.5) is 5.95 Å². The van der Waals surface area contributed by atoms with Gasteiger partial charge in [-0.1, -0.05) is 0 Å². The van der Waals surface area contributed by atoms with Crippen LogP contribution in [0.15, 0.2) is 12.4 Å². The average molecular weight is 264 g/mol. The highest BCUT2D eigenvalue weighted by Gasteiger charge is 2.09. The monoisotopic (exact) mass is 264 g/mol. The minimum atomic E-state index is -1.02. The third kappa shape index (κ3) is 2.80. The summed E-state index contributed by atoms with van der Waals surface area (Å²) in [5.74, 6) is -0.611. The molecule has 0 aliphatic rings. The number of aromatic nitrogens is 3. The molecule has 0 saturated heterocycles. The van der Waals surface area contributed by atoms with Crippen molar-refractivity contribution in [3.63, 3.8) is 0 Å². The van der Waals surface area contributed by atoms with Crippen LogP contribution in [-0.2, 0) is 6.54 Å². The van der Waals surface area contributed by atoms with E-state index in [4.69, 9.17) is 5.11 Å². The van der Waals surface area contributed by atoms with Gasteiger partial charge in [0.15, 0.2) is 0 Å². The van der Waals surface area contributed by atoms with E-state index in [0.717, 1.165) is 9.88 Å². The number of thiazole rings is 1. The van der Waals surface area contributed by atoms with Crippen LogP contribution >= 0.6 is 11.3 Å². The predicted octanol–water partition coefficient (Wildman–Crippen LogP) is 1.86. The quantitative estimate of drug-likeness (QED) is 0.876. The fraction of sp³-hybridized carbons (Fsp3) is 0.273. The predicted molar refractivity (Wildman–Crippen MR) is 67.9 cm³/mol. The Hall–Kier alpha value is -2.02. The smallest absolute Gasteiger partial charge is 0.339 e. The van der Waals surface area contributed by atoms with Gasteiger partial charge in [0.05, 0.1) is 17.8 Å². The van der Waals surface area contributed by atoms with Gasteiger partial charge in [0.1, 0.15) is 5.01 Å². The zero-order valence-electron chi connectivity index (χ0n) is 9.97. The molecule has 0 aliphatic carbocycles. The summed E-state index contributed by atoms with van der Waals surface area (Å²) >= 11 is 1.60. The molecule has 0 atom stereocenters. The molecule has 2 N–H and O–H groups in total. The van der Waals surface area contributed by atoms with E-state index in [2.05, 4.69) is 20.3 Å². The van der Waals surface area contributed by atoms with Gasteiger partial charge in [-0.15, -0.1) is 11.3 Å². The Labute approximate surface area is 108 Å². The van der Waals surface area contributed by atoms with Crippen LogP contribution in [0.1, 0.15) is 25.9 Å². The number of hydrogen-bond donors (Lipinski definition) is 2. The fourth-order valence-electron chi connectivity index (χ4n) is 1.40. The maximum Gasteiger partial charge on any atom is 0.339 e. The molecule has 0 bridgehead atoms. The molecule has 2 rings (SSSR count). The summed E-state index contributed by atoms with van der Waals surface area (Å²) in [5, 5.41) is 12.8. The Morgan fingerprint density at radius 2 is 2.17 bits per heavy atom. The summed E-state index contributed by atoms with van der Waals surface area (Å²) in [5.41, 5.74) is 0.556. The Balaban J connectivity index is 2.06. The van der Waals surface area contributed by atoms with Crippen molar-refractivity contribution >= 4 is 23.3 Å². The van der Waals surface area contributed by atoms with Crippen molar-refractivity contribution < 1.29 is 9.90 Å². The fourth-order valence-corrected chi connectivity index (χ4v) is 2.13. The number of carboxylic acids is 1. The van der Waals surface area contributed by atoms with Crippen molar-refractivity contribution in [3.8, 4) is 0 Å². The molecule has 2 heterocycles. The molecule has 0 fully saturated rings. The highest BCUT2D eigenvalue weighted by Crippen LogP contribution is 2.13. The van der Waals surface area contributed by atoms with Crippen LogP contribution in [-0.4, -0.2) is 26.0 Å². The lowest BCUT2D eigenvalue weighted by Gasteiger charge is -2.04. The SMILES string of the molecule is Cc1cnc(CNc2ncc(C(=O)O)c(C)n2)s1. The van der Waals surface area contributed by atoms with Gasteiger partial charge in [0.25, 0.3) is 0 Å². The lowest BCUT2D eigenvalue weighted by Crippen LogP contribution is -2.08. The highest BCUT2D eigenvalue weighted by molar-refractivity contribution is 7.11. The lowest BCUT2D eigenvalue weighted by atomic mass is 10.2. The second-order valence-electron chi connectivity index (χ2n) is 3.72. The summed E-state index contributed by atoms with van der Waals surface area (Å²) in [6.07, 6.45) is 3.11. The van der Waals surface area contributed by atoms with Crippen LogP contribution in [0, 0.1) is 13.8 Å². The molecule has 2 aromatic heterocycles. The average Bonchev–Trinajstić information content (AvgIpc) is 2.72. The molecule has 0 amide bonds. The number of nitrogens with zero attached hydrogens (tertiary/aromatic N) is 3. The van der Waals surface area contributed by atoms with Crippen molar-refractivity contribution in [2.75, 3.05) is 5.32 Å². The normalized spacial score (nSPS) is 10.3. The van der Waals surface area contributed by atoms with Crippen LogP contribution in [0.3, 0.4) is 0 Å². The minimum absolute atomic E-state index is 0.116. The molecule has 18 heavy (non-hydrogen) atoms. The number of carbonyl (C=O) groups is 1. The summed E-state index contributed by atoms with van der Waals surface area (Å²) < 4.78 is 0. The molecule has 0 unspecified atom stereocenters. The summed E-state index contributed by atoms with van der Waals surface area (Å²) in [6, 6.07) is 0. The first-order chi connectivity index (χ1) is 8.56. The van der Waals surface area contributed by atoms with Crippen LogP contribution in [0.25, 0.3) is 0 Å². The Morgan fingerprint density at radius 1 is 1.39 bits per heavy atom. The van der Waals surface area contributed by atoms with Crippen LogP contribution < -0.4 is 5.32 Å².